The van der Waals surface area contributed by atoms with Crippen LogP contribution >= 0.6 is 0 Å². The highest BCUT2D eigenvalue weighted by molar-refractivity contribution is 5.50. The van der Waals surface area contributed by atoms with Crippen molar-refractivity contribution in [1.82, 2.24) is 4.98 Å². The van der Waals surface area contributed by atoms with E-state index in [9.17, 15) is 0 Å². The van der Waals surface area contributed by atoms with E-state index in [0.717, 1.165) is 0 Å². The standard InChI is InChI=1S/C13H15N3O2/c14-7-9-17-10-4-1-2-5-11(10)18-12-6-3-8-16-13(12)15/h1-6,8H,7,9,14H2,(H2,15,16). The number of benzene rings is 1. The molecule has 0 spiro atoms. The minimum absolute atomic E-state index is 0.339. The number of para-hydroxylation sites is 2. The van der Waals surface area contributed by atoms with Gasteiger partial charge in [0.1, 0.15) is 6.61 Å². The monoisotopic (exact) mass is 245 g/mol. The molecule has 18 heavy (non-hydrogen) atoms. The number of anilines is 1. The molecule has 1 heterocycles. The molecular formula is C13H15N3O2. The van der Waals surface area contributed by atoms with E-state index >= 15 is 0 Å². The average molecular weight is 245 g/mol. The van der Waals surface area contributed by atoms with E-state index in [1.54, 1.807) is 24.4 Å². The van der Waals surface area contributed by atoms with Crippen molar-refractivity contribution in [2.75, 3.05) is 18.9 Å². The summed E-state index contributed by atoms with van der Waals surface area (Å²) in [4.78, 5) is 3.96. The van der Waals surface area contributed by atoms with Gasteiger partial charge in [0, 0.05) is 12.7 Å². The summed E-state index contributed by atoms with van der Waals surface area (Å²) in [6.45, 7) is 0.881. The van der Waals surface area contributed by atoms with Gasteiger partial charge in [0.15, 0.2) is 23.1 Å². The quantitative estimate of drug-likeness (QED) is 0.839. The van der Waals surface area contributed by atoms with E-state index in [-0.39, 0.29) is 0 Å². The predicted molar refractivity (Wildman–Crippen MR) is 69.7 cm³/mol. The van der Waals surface area contributed by atoms with Gasteiger partial charge in [-0.15, -0.1) is 0 Å². The second kappa shape index (κ2) is 5.88. The Bertz CT molecular complexity index is 517. The maximum atomic E-state index is 5.72. The zero-order valence-electron chi connectivity index (χ0n) is 9.87. The van der Waals surface area contributed by atoms with Crippen LogP contribution in [-0.4, -0.2) is 18.1 Å². The molecule has 2 rings (SSSR count). The minimum atomic E-state index is 0.339. The van der Waals surface area contributed by atoms with Crippen molar-refractivity contribution < 1.29 is 9.47 Å². The van der Waals surface area contributed by atoms with Crippen LogP contribution in [0.5, 0.6) is 17.2 Å². The molecule has 94 valence electrons. The van der Waals surface area contributed by atoms with Crippen LogP contribution in [0.1, 0.15) is 0 Å². The lowest BCUT2D eigenvalue weighted by molar-refractivity contribution is 0.311. The summed E-state index contributed by atoms with van der Waals surface area (Å²) in [7, 11) is 0. The van der Waals surface area contributed by atoms with Gasteiger partial charge in [0.25, 0.3) is 0 Å². The Labute approximate surface area is 105 Å². The van der Waals surface area contributed by atoms with Gasteiger partial charge < -0.3 is 20.9 Å². The minimum Gasteiger partial charge on any atom is -0.488 e. The Hall–Kier alpha value is -2.27. The van der Waals surface area contributed by atoms with Gasteiger partial charge in [-0.05, 0) is 24.3 Å². The highest BCUT2D eigenvalue weighted by atomic mass is 16.5. The van der Waals surface area contributed by atoms with E-state index in [0.29, 0.717) is 36.2 Å². The average Bonchev–Trinajstić information content (AvgIpc) is 2.40. The number of aromatic nitrogens is 1. The van der Waals surface area contributed by atoms with Crippen LogP contribution in [0.15, 0.2) is 42.6 Å². The molecule has 0 aliphatic carbocycles. The summed E-state index contributed by atoms with van der Waals surface area (Å²) in [6.07, 6.45) is 1.61. The van der Waals surface area contributed by atoms with Crippen LogP contribution < -0.4 is 20.9 Å². The van der Waals surface area contributed by atoms with Crippen molar-refractivity contribution in [1.29, 1.82) is 0 Å². The Morgan fingerprint density at radius 3 is 2.44 bits per heavy atom. The molecule has 0 aliphatic rings. The highest BCUT2D eigenvalue weighted by Crippen LogP contribution is 2.32. The summed E-state index contributed by atoms with van der Waals surface area (Å²) in [6, 6.07) is 10.9. The molecule has 0 aliphatic heterocycles. The Kier molecular flexibility index (Phi) is 3.98. The van der Waals surface area contributed by atoms with Crippen molar-refractivity contribution in [3.63, 3.8) is 0 Å². The number of rotatable bonds is 5. The first-order valence-corrected chi connectivity index (χ1v) is 5.61. The van der Waals surface area contributed by atoms with Crippen molar-refractivity contribution in [2.24, 2.45) is 5.73 Å². The number of hydrogen-bond donors (Lipinski definition) is 2. The molecule has 5 nitrogen and oxygen atoms in total. The predicted octanol–water partition coefficient (Wildman–Crippen LogP) is 1.79. The smallest absolute Gasteiger partial charge is 0.169 e. The molecule has 0 saturated heterocycles. The molecule has 0 fully saturated rings. The second-order valence-corrected chi connectivity index (χ2v) is 3.57. The molecule has 0 bridgehead atoms. The zero-order chi connectivity index (χ0) is 12.8. The molecule has 5 heteroatoms. The largest absolute Gasteiger partial charge is 0.488 e. The fourth-order valence-electron chi connectivity index (χ4n) is 1.43. The van der Waals surface area contributed by atoms with Gasteiger partial charge in [-0.3, -0.25) is 0 Å². The Morgan fingerprint density at radius 1 is 1.00 bits per heavy atom. The highest BCUT2D eigenvalue weighted by Gasteiger charge is 2.07. The maximum Gasteiger partial charge on any atom is 0.169 e. The van der Waals surface area contributed by atoms with Crippen molar-refractivity contribution >= 4 is 5.82 Å². The summed E-state index contributed by atoms with van der Waals surface area (Å²) in [5.74, 6) is 2.06. The molecule has 0 atom stereocenters. The van der Waals surface area contributed by atoms with Crippen molar-refractivity contribution in [3.8, 4) is 17.2 Å². The van der Waals surface area contributed by atoms with Gasteiger partial charge in [-0.2, -0.15) is 0 Å². The third-order valence-electron chi connectivity index (χ3n) is 2.24. The van der Waals surface area contributed by atoms with Crippen molar-refractivity contribution in [2.45, 2.75) is 0 Å². The van der Waals surface area contributed by atoms with E-state index in [1.807, 2.05) is 18.2 Å². The van der Waals surface area contributed by atoms with Crippen LogP contribution in [0.3, 0.4) is 0 Å². The van der Waals surface area contributed by atoms with Crippen LogP contribution in [0.25, 0.3) is 0 Å². The van der Waals surface area contributed by atoms with E-state index < -0.39 is 0 Å². The summed E-state index contributed by atoms with van der Waals surface area (Å²) >= 11 is 0. The molecule has 0 amide bonds. The Balaban J connectivity index is 2.21. The molecule has 0 unspecified atom stereocenters. The number of nitrogens with two attached hydrogens (primary N) is 2. The van der Waals surface area contributed by atoms with E-state index in [4.69, 9.17) is 20.9 Å². The molecule has 0 radical (unpaired) electrons. The molecule has 2 aromatic rings. The number of ether oxygens (including phenoxy) is 2. The first-order valence-electron chi connectivity index (χ1n) is 5.61. The lowest BCUT2D eigenvalue weighted by atomic mass is 10.3. The fraction of sp³-hybridized carbons (Fsp3) is 0.154. The number of nitrogens with zero attached hydrogens (tertiary/aromatic N) is 1. The number of pyridine rings is 1. The molecule has 1 aromatic carbocycles. The van der Waals surface area contributed by atoms with Crippen LogP contribution in [0, 0.1) is 0 Å². The van der Waals surface area contributed by atoms with E-state index in [2.05, 4.69) is 4.98 Å². The summed E-state index contributed by atoms with van der Waals surface area (Å²) in [5.41, 5.74) is 11.1. The van der Waals surface area contributed by atoms with Crippen LogP contribution in [0.2, 0.25) is 0 Å². The first-order chi connectivity index (χ1) is 8.81. The Morgan fingerprint density at radius 2 is 1.72 bits per heavy atom. The lowest BCUT2D eigenvalue weighted by Gasteiger charge is -2.12. The molecular weight excluding hydrogens is 230 g/mol. The number of nitrogen functional groups attached to an aromatic ring is 1. The van der Waals surface area contributed by atoms with Crippen LogP contribution in [-0.2, 0) is 0 Å². The molecule has 1 aromatic heterocycles. The maximum absolute atomic E-state index is 5.72. The third-order valence-corrected chi connectivity index (χ3v) is 2.24. The van der Waals surface area contributed by atoms with Gasteiger partial charge >= 0.3 is 0 Å². The van der Waals surface area contributed by atoms with E-state index in [1.165, 1.54) is 0 Å². The van der Waals surface area contributed by atoms with Gasteiger partial charge in [0.05, 0.1) is 0 Å². The van der Waals surface area contributed by atoms with Crippen molar-refractivity contribution in [3.05, 3.63) is 42.6 Å². The van der Waals surface area contributed by atoms with Gasteiger partial charge in [-0.25, -0.2) is 4.98 Å². The molecule has 4 N–H and O–H groups in total. The van der Waals surface area contributed by atoms with Crippen LogP contribution in [0.4, 0.5) is 5.82 Å². The normalized spacial score (nSPS) is 10.1. The van der Waals surface area contributed by atoms with Gasteiger partial charge in [-0.1, -0.05) is 12.1 Å². The zero-order valence-corrected chi connectivity index (χ0v) is 9.87. The fourth-order valence-corrected chi connectivity index (χ4v) is 1.43. The molecule has 0 saturated carbocycles. The summed E-state index contributed by atoms with van der Waals surface area (Å²) < 4.78 is 11.2. The topological polar surface area (TPSA) is 83.4 Å². The summed E-state index contributed by atoms with van der Waals surface area (Å²) in [5, 5.41) is 0. The van der Waals surface area contributed by atoms with Gasteiger partial charge in [0.2, 0.25) is 0 Å². The third kappa shape index (κ3) is 2.89. The number of hydrogen-bond acceptors (Lipinski definition) is 5. The first kappa shape index (κ1) is 12.2. The lowest BCUT2D eigenvalue weighted by Crippen LogP contribution is -2.11. The SMILES string of the molecule is NCCOc1ccccc1Oc1cccnc1N. The second-order valence-electron chi connectivity index (χ2n) is 3.57.